The van der Waals surface area contributed by atoms with Gasteiger partial charge in [0.05, 0.1) is 6.54 Å². The minimum atomic E-state index is -0.265. The maximum Gasteiger partial charge on any atom is 0.191 e. The first-order chi connectivity index (χ1) is 8.65. The third kappa shape index (κ3) is 7.51. The molecule has 0 aliphatic heterocycles. The van der Waals surface area contributed by atoms with Crippen LogP contribution in [0.3, 0.4) is 0 Å². The second-order valence-electron chi connectivity index (χ2n) is 3.64. The lowest BCUT2D eigenvalue weighted by atomic mass is 10.2. The van der Waals surface area contributed by atoms with E-state index < -0.39 is 0 Å². The topological polar surface area (TPSA) is 36.4 Å². The average molecular weight is 442 g/mol. The maximum atomic E-state index is 13.2. The van der Waals surface area contributed by atoms with Crippen molar-refractivity contribution in [2.45, 2.75) is 13.5 Å². The zero-order chi connectivity index (χ0) is 13.4. The van der Waals surface area contributed by atoms with Crippen LogP contribution in [0.15, 0.2) is 40.3 Å². The van der Waals surface area contributed by atoms with Crippen LogP contribution >= 0.6 is 39.9 Å². The summed E-state index contributed by atoms with van der Waals surface area (Å²) in [6.07, 6.45) is 1.76. The minimum Gasteiger partial charge on any atom is -0.357 e. The van der Waals surface area contributed by atoms with Crippen LogP contribution in [0.5, 0.6) is 0 Å². The number of hydrogen-bond donors (Lipinski definition) is 2. The SMILES string of the molecule is C=CCNC(=NCc1cc(F)cc(Br)c1)NCC.I. The van der Waals surface area contributed by atoms with Gasteiger partial charge in [-0.25, -0.2) is 9.38 Å². The van der Waals surface area contributed by atoms with Gasteiger partial charge in [-0.15, -0.1) is 30.6 Å². The molecule has 6 heteroatoms. The molecule has 0 aromatic heterocycles. The lowest BCUT2D eigenvalue weighted by Crippen LogP contribution is -2.37. The van der Waals surface area contributed by atoms with Crippen molar-refractivity contribution in [1.29, 1.82) is 0 Å². The molecule has 1 rings (SSSR count). The van der Waals surface area contributed by atoms with Gasteiger partial charge in [0.1, 0.15) is 5.82 Å². The Bertz CT molecular complexity index is 418. The standard InChI is InChI=1S/C13H17BrFN3.HI/c1-3-5-17-13(16-4-2)18-9-10-6-11(14)8-12(15)7-10;/h3,6-8H,1,4-5,9H2,2H3,(H2,16,17,18);1H. The number of aliphatic imine (C=N–C) groups is 1. The Labute approximate surface area is 138 Å². The molecule has 0 radical (unpaired) electrons. The Hall–Kier alpha value is -0.630. The molecule has 0 aliphatic carbocycles. The molecule has 0 amide bonds. The van der Waals surface area contributed by atoms with E-state index >= 15 is 0 Å². The largest absolute Gasteiger partial charge is 0.357 e. The van der Waals surface area contributed by atoms with Gasteiger partial charge in [-0.05, 0) is 30.7 Å². The number of nitrogens with one attached hydrogen (secondary N) is 2. The van der Waals surface area contributed by atoms with Crippen molar-refractivity contribution in [2.75, 3.05) is 13.1 Å². The van der Waals surface area contributed by atoms with Crippen LogP contribution < -0.4 is 10.6 Å². The molecule has 0 unspecified atom stereocenters. The van der Waals surface area contributed by atoms with E-state index in [1.165, 1.54) is 12.1 Å². The molecular weight excluding hydrogens is 424 g/mol. The third-order valence-corrected chi connectivity index (χ3v) is 2.56. The highest BCUT2D eigenvalue weighted by atomic mass is 127. The predicted molar refractivity (Wildman–Crippen MR) is 92.5 cm³/mol. The van der Waals surface area contributed by atoms with E-state index in [9.17, 15) is 4.39 Å². The predicted octanol–water partition coefficient (Wildman–Crippen LogP) is 3.45. The second kappa shape index (κ2) is 10.2. The molecule has 0 saturated carbocycles. The van der Waals surface area contributed by atoms with Gasteiger partial charge in [0.15, 0.2) is 5.96 Å². The van der Waals surface area contributed by atoms with Crippen LogP contribution in [0.25, 0.3) is 0 Å². The molecule has 1 aromatic carbocycles. The first-order valence-electron chi connectivity index (χ1n) is 5.73. The number of benzene rings is 1. The van der Waals surface area contributed by atoms with E-state index in [0.717, 1.165) is 16.6 Å². The molecule has 3 nitrogen and oxygen atoms in total. The summed E-state index contributed by atoms with van der Waals surface area (Å²) in [5.74, 6) is 0.427. The van der Waals surface area contributed by atoms with Gasteiger partial charge in [0.2, 0.25) is 0 Å². The average Bonchev–Trinajstić information content (AvgIpc) is 2.31. The van der Waals surface area contributed by atoms with Crippen LogP contribution in [0, 0.1) is 5.82 Å². The molecular formula is C13H18BrFIN3. The quantitative estimate of drug-likeness (QED) is 0.318. The highest BCUT2D eigenvalue weighted by molar-refractivity contribution is 14.0. The maximum absolute atomic E-state index is 13.2. The zero-order valence-corrected chi connectivity index (χ0v) is 14.7. The van der Waals surface area contributed by atoms with E-state index in [0.29, 0.717) is 19.0 Å². The van der Waals surface area contributed by atoms with E-state index in [-0.39, 0.29) is 29.8 Å². The molecule has 0 saturated heterocycles. The number of halogens is 3. The Morgan fingerprint density at radius 3 is 2.74 bits per heavy atom. The molecule has 19 heavy (non-hydrogen) atoms. The van der Waals surface area contributed by atoms with Gasteiger partial charge in [0.25, 0.3) is 0 Å². The summed E-state index contributed by atoms with van der Waals surface area (Å²) in [6, 6.07) is 4.75. The first kappa shape index (κ1) is 18.4. The van der Waals surface area contributed by atoms with Gasteiger partial charge >= 0.3 is 0 Å². The molecule has 106 valence electrons. The van der Waals surface area contributed by atoms with Gasteiger partial charge in [-0.1, -0.05) is 22.0 Å². The van der Waals surface area contributed by atoms with Crippen LogP contribution in [0.2, 0.25) is 0 Å². The lowest BCUT2D eigenvalue weighted by Gasteiger charge is -2.09. The van der Waals surface area contributed by atoms with Crippen LogP contribution in [0.4, 0.5) is 4.39 Å². The van der Waals surface area contributed by atoms with Crippen molar-refractivity contribution in [2.24, 2.45) is 4.99 Å². The fourth-order valence-corrected chi connectivity index (χ4v) is 1.90. The van der Waals surface area contributed by atoms with E-state index in [1.54, 1.807) is 6.08 Å². The van der Waals surface area contributed by atoms with Crippen molar-refractivity contribution in [3.63, 3.8) is 0 Å². The number of rotatable bonds is 5. The number of nitrogens with zero attached hydrogens (tertiary/aromatic N) is 1. The van der Waals surface area contributed by atoms with Crippen LogP contribution in [-0.2, 0) is 6.54 Å². The fourth-order valence-electron chi connectivity index (χ4n) is 1.38. The third-order valence-electron chi connectivity index (χ3n) is 2.10. The number of guanidine groups is 1. The summed E-state index contributed by atoms with van der Waals surface area (Å²) in [7, 11) is 0. The summed E-state index contributed by atoms with van der Waals surface area (Å²) in [5.41, 5.74) is 0.817. The molecule has 0 aliphatic rings. The van der Waals surface area contributed by atoms with E-state index in [4.69, 9.17) is 0 Å². The normalized spacial score (nSPS) is 10.6. The summed E-state index contributed by atoms with van der Waals surface area (Å²) >= 11 is 3.26. The van der Waals surface area contributed by atoms with Crippen LogP contribution in [-0.4, -0.2) is 19.0 Å². The molecule has 0 spiro atoms. The van der Waals surface area contributed by atoms with Gasteiger partial charge in [-0.2, -0.15) is 0 Å². The Morgan fingerprint density at radius 2 is 2.16 bits per heavy atom. The molecule has 0 bridgehead atoms. The molecule has 0 heterocycles. The summed E-state index contributed by atoms with van der Waals surface area (Å²) in [5, 5.41) is 6.19. The summed E-state index contributed by atoms with van der Waals surface area (Å²) in [4.78, 5) is 4.36. The minimum absolute atomic E-state index is 0. The molecule has 1 aromatic rings. The van der Waals surface area contributed by atoms with Gasteiger partial charge in [-0.3, -0.25) is 0 Å². The van der Waals surface area contributed by atoms with Crippen molar-refractivity contribution in [3.05, 3.63) is 46.7 Å². The monoisotopic (exact) mass is 441 g/mol. The van der Waals surface area contributed by atoms with Gasteiger partial charge in [0, 0.05) is 17.6 Å². The van der Waals surface area contributed by atoms with Crippen LogP contribution in [0.1, 0.15) is 12.5 Å². The molecule has 2 N–H and O–H groups in total. The van der Waals surface area contributed by atoms with Crippen molar-refractivity contribution in [1.82, 2.24) is 10.6 Å². The fraction of sp³-hybridized carbons (Fsp3) is 0.308. The number of hydrogen-bond acceptors (Lipinski definition) is 1. The Morgan fingerprint density at radius 1 is 1.42 bits per heavy atom. The van der Waals surface area contributed by atoms with Crippen molar-refractivity contribution in [3.8, 4) is 0 Å². The summed E-state index contributed by atoms with van der Waals surface area (Å²) in [6.45, 7) is 7.45. The highest BCUT2D eigenvalue weighted by Crippen LogP contribution is 2.15. The zero-order valence-electron chi connectivity index (χ0n) is 10.7. The summed E-state index contributed by atoms with van der Waals surface area (Å²) < 4.78 is 13.9. The molecule has 0 fully saturated rings. The highest BCUT2D eigenvalue weighted by Gasteiger charge is 2.00. The Balaban J connectivity index is 0.00000324. The van der Waals surface area contributed by atoms with E-state index in [1.807, 2.05) is 13.0 Å². The molecule has 0 atom stereocenters. The van der Waals surface area contributed by atoms with E-state index in [2.05, 4.69) is 38.1 Å². The van der Waals surface area contributed by atoms with Crippen molar-refractivity contribution < 1.29 is 4.39 Å². The van der Waals surface area contributed by atoms with Gasteiger partial charge < -0.3 is 10.6 Å². The lowest BCUT2D eigenvalue weighted by molar-refractivity contribution is 0.624. The first-order valence-corrected chi connectivity index (χ1v) is 6.53. The Kier molecular flexibility index (Phi) is 9.85. The van der Waals surface area contributed by atoms with Crippen molar-refractivity contribution >= 4 is 45.9 Å². The second-order valence-corrected chi connectivity index (χ2v) is 4.56. The smallest absolute Gasteiger partial charge is 0.191 e.